The van der Waals surface area contributed by atoms with Crippen LogP contribution in [-0.4, -0.2) is 58.5 Å². The third kappa shape index (κ3) is 6.06. The first-order valence-corrected chi connectivity index (χ1v) is 12.3. The van der Waals surface area contributed by atoms with Gasteiger partial charge in [0, 0.05) is 31.9 Å². The van der Waals surface area contributed by atoms with Crippen molar-refractivity contribution in [1.82, 2.24) is 15.3 Å². The molecule has 0 aliphatic carbocycles. The van der Waals surface area contributed by atoms with E-state index in [1.807, 2.05) is 31.1 Å². The number of methoxy groups -OCH3 is 1. The number of aromatic nitrogens is 2. The summed E-state index contributed by atoms with van der Waals surface area (Å²) in [5, 5.41) is 15.2. The van der Waals surface area contributed by atoms with E-state index in [1.54, 1.807) is 43.5 Å². The van der Waals surface area contributed by atoms with Gasteiger partial charge >= 0.3 is 5.69 Å². The number of amides is 2. The second-order valence-electron chi connectivity index (χ2n) is 8.57. The molecule has 1 saturated heterocycles. The van der Waals surface area contributed by atoms with E-state index in [4.69, 9.17) is 4.74 Å². The molecule has 3 aromatic rings. The Morgan fingerprint density at radius 1 is 1.11 bits per heavy atom. The zero-order valence-corrected chi connectivity index (χ0v) is 21.6. The number of amidine groups is 1. The number of aromatic hydroxyl groups is 1. The minimum absolute atomic E-state index is 0.117. The second-order valence-corrected chi connectivity index (χ2v) is 9.76. The number of hydrogen-bond acceptors (Lipinski definition) is 9. The molecule has 2 heterocycles. The van der Waals surface area contributed by atoms with Gasteiger partial charge in [-0.3, -0.25) is 24.4 Å². The molecule has 4 rings (SSSR count). The number of carbonyl (C=O) groups excluding carboxylic acids is 2. The molecule has 13 heteroatoms. The number of carbonyl (C=O) groups is 2. The van der Waals surface area contributed by atoms with Crippen LogP contribution in [0.5, 0.6) is 11.6 Å². The molecule has 5 N–H and O–H groups in total. The van der Waals surface area contributed by atoms with Crippen molar-refractivity contribution in [2.45, 2.75) is 17.7 Å². The number of hydrogen-bond donors (Lipinski definition) is 5. The summed E-state index contributed by atoms with van der Waals surface area (Å²) in [6, 6.07) is 12.8. The van der Waals surface area contributed by atoms with Crippen LogP contribution in [0.15, 0.2) is 63.1 Å². The second kappa shape index (κ2) is 11.3. The molecule has 2 aromatic carbocycles. The van der Waals surface area contributed by atoms with Crippen LogP contribution in [-0.2, 0) is 9.59 Å². The highest BCUT2D eigenvalue weighted by atomic mass is 32.2. The Labute approximate surface area is 221 Å². The van der Waals surface area contributed by atoms with E-state index in [0.717, 1.165) is 17.4 Å². The molecule has 0 unspecified atom stereocenters. The highest BCUT2D eigenvalue weighted by Crippen LogP contribution is 2.32. The number of aliphatic imine (C=N–C) groups is 1. The van der Waals surface area contributed by atoms with Crippen LogP contribution in [0.2, 0.25) is 0 Å². The number of H-pyrrole nitrogens is 2. The van der Waals surface area contributed by atoms with Gasteiger partial charge in [0.25, 0.3) is 5.56 Å². The molecule has 2 atom stereocenters. The number of aromatic amines is 2. The largest absolute Gasteiger partial charge is 0.497 e. The summed E-state index contributed by atoms with van der Waals surface area (Å²) < 4.78 is 5.10. The van der Waals surface area contributed by atoms with Gasteiger partial charge in [-0.15, -0.1) is 0 Å². The normalized spacial score (nSPS) is 16.7. The van der Waals surface area contributed by atoms with E-state index in [-0.39, 0.29) is 23.1 Å². The summed E-state index contributed by atoms with van der Waals surface area (Å²) in [6.07, 6.45) is -0.117. The van der Waals surface area contributed by atoms with Gasteiger partial charge in [-0.2, -0.15) is 0 Å². The topological polar surface area (TPSA) is 169 Å². The average Bonchev–Trinajstić information content (AvgIpc) is 3.21. The molecule has 198 valence electrons. The molecule has 0 bridgehead atoms. The van der Waals surface area contributed by atoms with Crippen molar-refractivity contribution in [2.24, 2.45) is 4.99 Å². The lowest BCUT2D eigenvalue weighted by molar-refractivity contribution is -0.122. The molecular formula is C25H26N6O6S. The van der Waals surface area contributed by atoms with E-state index in [0.29, 0.717) is 17.0 Å². The predicted molar refractivity (Wildman–Crippen MR) is 145 cm³/mol. The first kappa shape index (κ1) is 26.5. The number of nitrogens with one attached hydrogen (secondary N) is 4. The Morgan fingerprint density at radius 2 is 1.79 bits per heavy atom. The van der Waals surface area contributed by atoms with Crippen LogP contribution in [0.4, 0.5) is 11.4 Å². The van der Waals surface area contributed by atoms with Crippen LogP contribution < -0.4 is 31.5 Å². The minimum atomic E-state index is -1.05. The van der Waals surface area contributed by atoms with E-state index >= 15 is 0 Å². The van der Waals surface area contributed by atoms with E-state index < -0.39 is 34.3 Å². The van der Waals surface area contributed by atoms with Crippen LogP contribution in [0.25, 0.3) is 0 Å². The Morgan fingerprint density at radius 3 is 2.39 bits per heavy atom. The Hall–Kier alpha value is -4.52. The quantitative estimate of drug-likeness (QED) is 0.288. The van der Waals surface area contributed by atoms with Crippen molar-refractivity contribution >= 4 is 40.1 Å². The fourth-order valence-corrected chi connectivity index (χ4v) is 4.77. The molecule has 1 aromatic heterocycles. The average molecular weight is 539 g/mol. The molecule has 1 fully saturated rings. The monoisotopic (exact) mass is 538 g/mol. The van der Waals surface area contributed by atoms with Crippen molar-refractivity contribution in [1.29, 1.82) is 0 Å². The molecule has 0 spiro atoms. The van der Waals surface area contributed by atoms with E-state index in [1.165, 1.54) is 0 Å². The summed E-state index contributed by atoms with van der Waals surface area (Å²) >= 11 is 1.04. The lowest BCUT2D eigenvalue weighted by atomic mass is 10.0. The van der Waals surface area contributed by atoms with Crippen LogP contribution in [0.1, 0.15) is 23.6 Å². The number of nitrogens with zero attached hydrogens (tertiary/aromatic N) is 2. The maximum absolute atomic E-state index is 12.6. The van der Waals surface area contributed by atoms with Crippen LogP contribution in [0.3, 0.4) is 0 Å². The van der Waals surface area contributed by atoms with Crippen molar-refractivity contribution in [2.75, 3.05) is 31.4 Å². The number of rotatable bonds is 8. The lowest BCUT2D eigenvalue weighted by Gasteiger charge is -2.17. The van der Waals surface area contributed by atoms with Crippen molar-refractivity contribution < 1.29 is 19.4 Å². The zero-order chi connectivity index (χ0) is 27.4. The number of anilines is 2. The summed E-state index contributed by atoms with van der Waals surface area (Å²) in [7, 11) is 5.29. The molecule has 1 aliphatic rings. The summed E-state index contributed by atoms with van der Waals surface area (Å²) in [5.74, 6) is -0.767. The summed E-state index contributed by atoms with van der Waals surface area (Å²) in [5.41, 5.74) is 0.115. The van der Waals surface area contributed by atoms with Crippen molar-refractivity contribution in [3.05, 3.63) is 80.5 Å². The Bertz CT molecular complexity index is 1480. The standard InChI is InChI=1S/C25H26N6O6S/c1-31(2)15-8-4-13(5-9-15)20(19-22(34)28-24(36)29-23(19)35)27-25-30-21(33)17(38-25)12-18(32)26-14-6-10-16(37-3)11-7-14/h4-11,17,20H,12H2,1-3H3,(H,26,32)(H,27,30,33)(H3,28,29,34,35,36)/t17-,20+/m0/s1. The molecule has 1 aliphatic heterocycles. The molecular weight excluding hydrogens is 512 g/mol. The first-order valence-electron chi connectivity index (χ1n) is 11.5. The van der Waals surface area contributed by atoms with Gasteiger partial charge in [0.05, 0.1) is 7.11 Å². The summed E-state index contributed by atoms with van der Waals surface area (Å²) in [6.45, 7) is 0. The van der Waals surface area contributed by atoms with E-state index in [2.05, 4.69) is 25.6 Å². The molecule has 0 saturated carbocycles. The highest BCUT2D eigenvalue weighted by Gasteiger charge is 2.34. The first-order chi connectivity index (χ1) is 18.1. The number of ether oxygens (including phenoxy) is 1. The van der Waals surface area contributed by atoms with Crippen LogP contribution >= 0.6 is 11.8 Å². The Kier molecular flexibility index (Phi) is 7.86. The maximum atomic E-state index is 12.6. The van der Waals surface area contributed by atoms with Gasteiger partial charge in [0.2, 0.25) is 17.7 Å². The molecule has 38 heavy (non-hydrogen) atoms. The van der Waals surface area contributed by atoms with Crippen molar-refractivity contribution in [3.63, 3.8) is 0 Å². The van der Waals surface area contributed by atoms with Gasteiger partial charge in [0.15, 0.2) is 5.17 Å². The minimum Gasteiger partial charge on any atom is -0.497 e. The summed E-state index contributed by atoms with van der Waals surface area (Å²) in [4.78, 5) is 60.2. The van der Waals surface area contributed by atoms with Gasteiger partial charge < -0.3 is 25.4 Å². The zero-order valence-electron chi connectivity index (χ0n) is 20.8. The third-order valence-electron chi connectivity index (χ3n) is 5.72. The van der Waals surface area contributed by atoms with Crippen molar-refractivity contribution in [3.8, 4) is 11.6 Å². The predicted octanol–water partition coefficient (Wildman–Crippen LogP) is 1.55. The fraction of sp³-hybridized carbons (Fsp3) is 0.240. The number of benzene rings is 2. The molecule has 2 amide bonds. The van der Waals surface area contributed by atoms with Gasteiger partial charge in [-0.25, -0.2) is 9.79 Å². The fourth-order valence-electron chi connectivity index (χ4n) is 3.77. The Balaban J connectivity index is 1.58. The maximum Gasteiger partial charge on any atom is 0.328 e. The highest BCUT2D eigenvalue weighted by molar-refractivity contribution is 8.15. The molecule has 0 radical (unpaired) electrons. The third-order valence-corrected chi connectivity index (χ3v) is 6.82. The van der Waals surface area contributed by atoms with Gasteiger partial charge in [0.1, 0.15) is 22.6 Å². The lowest BCUT2D eigenvalue weighted by Crippen LogP contribution is -2.29. The molecule has 12 nitrogen and oxygen atoms in total. The van der Waals surface area contributed by atoms with Crippen LogP contribution in [0, 0.1) is 0 Å². The van der Waals surface area contributed by atoms with E-state index in [9.17, 15) is 24.3 Å². The van der Waals surface area contributed by atoms with Gasteiger partial charge in [-0.05, 0) is 42.0 Å². The SMILES string of the molecule is COc1ccc(NC(=O)C[C@@H]2SC(=N[C@H](c3ccc(N(C)C)cc3)c3c(O)[nH]c(=O)[nH]c3=O)NC2=O)cc1. The van der Waals surface area contributed by atoms with Gasteiger partial charge in [-0.1, -0.05) is 23.9 Å². The number of thioether (sulfide) groups is 1. The smallest absolute Gasteiger partial charge is 0.328 e.